The van der Waals surface area contributed by atoms with Crippen LogP contribution < -0.4 is 4.74 Å². The van der Waals surface area contributed by atoms with Gasteiger partial charge in [-0.05, 0) is 24.3 Å². The first kappa shape index (κ1) is 12.8. The summed E-state index contributed by atoms with van der Waals surface area (Å²) in [6, 6.07) is 15.7. The number of hydrogen-bond donors (Lipinski definition) is 1. The molecule has 2 rings (SSSR count). The molecule has 0 aliphatic rings. The van der Waals surface area contributed by atoms with E-state index in [4.69, 9.17) is 9.84 Å². The normalized spacial score (nSPS) is 8.76. The van der Waals surface area contributed by atoms with Crippen molar-refractivity contribution in [1.29, 1.82) is 0 Å². The summed E-state index contributed by atoms with van der Waals surface area (Å²) in [4.78, 5) is 10.0. The van der Waals surface area contributed by atoms with Gasteiger partial charge < -0.3 is 9.84 Å². The second-order valence-corrected chi connectivity index (χ2v) is 3.23. The van der Waals surface area contributed by atoms with Gasteiger partial charge in [-0.3, -0.25) is 4.79 Å². The zero-order chi connectivity index (χ0) is 12.5. The zero-order valence-corrected chi connectivity index (χ0v) is 9.54. The monoisotopic (exact) mass is 230 g/mol. The highest BCUT2D eigenvalue weighted by atomic mass is 16.5. The van der Waals surface area contributed by atoms with Gasteiger partial charge in [-0.1, -0.05) is 30.3 Å². The molecule has 3 nitrogen and oxygen atoms in total. The molecule has 0 spiro atoms. The number of aromatic hydroxyl groups is 1. The SMILES string of the molecule is COc1ccc(O)cc1.O=Cc1ccccc1. The van der Waals surface area contributed by atoms with Gasteiger partial charge in [0.2, 0.25) is 0 Å². The first-order valence-corrected chi connectivity index (χ1v) is 5.09. The van der Waals surface area contributed by atoms with Crippen molar-refractivity contribution in [3.8, 4) is 11.5 Å². The van der Waals surface area contributed by atoms with Crippen LogP contribution in [0.25, 0.3) is 0 Å². The van der Waals surface area contributed by atoms with Gasteiger partial charge in [0.05, 0.1) is 7.11 Å². The Morgan fingerprint density at radius 2 is 1.59 bits per heavy atom. The number of methoxy groups -OCH3 is 1. The number of carbonyl (C=O) groups is 1. The van der Waals surface area contributed by atoms with E-state index in [-0.39, 0.29) is 5.75 Å². The van der Waals surface area contributed by atoms with Gasteiger partial charge in [-0.2, -0.15) is 0 Å². The van der Waals surface area contributed by atoms with E-state index in [0.717, 1.165) is 17.6 Å². The number of hydrogen-bond acceptors (Lipinski definition) is 3. The van der Waals surface area contributed by atoms with Gasteiger partial charge in [0.25, 0.3) is 0 Å². The van der Waals surface area contributed by atoms with E-state index in [0.29, 0.717) is 0 Å². The number of ether oxygens (including phenoxy) is 1. The topological polar surface area (TPSA) is 46.5 Å². The van der Waals surface area contributed by atoms with E-state index >= 15 is 0 Å². The molecule has 0 fully saturated rings. The van der Waals surface area contributed by atoms with Gasteiger partial charge in [0.1, 0.15) is 17.8 Å². The second-order valence-electron chi connectivity index (χ2n) is 3.23. The predicted molar refractivity (Wildman–Crippen MR) is 66.5 cm³/mol. The molecule has 0 aliphatic carbocycles. The molecule has 0 saturated carbocycles. The van der Waals surface area contributed by atoms with Crippen LogP contribution in [-0.4, -0.2) is 18.5 Å². The van der Waals surface area contributed by atoms with Crippen LogP contribution in [0.4, 0.5) is 0 Å². The third-order valence-corrected chi connectivity index (χ3v) is 2.01. The molecule has 3 heteroatoms. The van der Waals surface area contributed by atoms with Crippen LogP contribution in [0.15, 0.2) is 54.6 Å². The smallest absolute Gasteiger partial charge is 0.150 e. The Morgan fingerprint density at radius 1 is 1.00 bits per heavy atom. The third-order valence-electron chi connectivity index (χ3n) is 2.01. The van der Waals surface area contributed by atoms with Crippen molar-refractivity contribution >= 4 is 6.29 Å². The van der Waals surface area contributed by atoms with E-state index in [1.54, 1.807) is 43.5 Å². The van der Waals surface area contributed by atoms with Crippen LogP contribution in [-0.2, 0) is 0 Å². The fourth-order valence-electron chi connectivity index (χ4n) is 1.11. The molecular weight excluding hydrogens is 216 g/mol. The molecule has 0 amide bonds. The molecular formula is C14H14O3. The summed E-state index contributed by atoms with van der Waals surface area (Å²) in [5.74, 6) is 1.02. The molecule has 0 atom stereocenters. The average molecular weight is 230 g/mol. The van der Waals surface area contributed by atoms with Crippen LogP contribution >= 0.6 is 0 Å². The largest absolute Gasteiger partial charge is 0.508 e. The number of benzene rings is 2. The molecule has 2 aromatic rings. The van der Waals surface area contributed by atoms with Crippen molar-refractivity contribution in [2.45, 2.75) is 0 Å². The van der Waals surface area contributed by atoms with Crippen molar-refractivity contribution in [2.75, 3.05) is 7.11 Å². The summed E-state index contributed by atoms with van der Waals surface area (Å²) in [6.07, 6.45) is 0.833. The molecule has 88 valence electrons. The molecule has 0 aromatic heterocycles. The minimum Gasteiger partial charge on any atom is -0.508 e. The quantitative estimate of drug-likeness (QED) is 0.807. The highest BCUT2D eigenvalue weighted by molar-refractivity contribution is 5.74. The molecule has 0 bridgehead atoms. The highest BCUT2D eigenvalue weighted by Gasteiger charge is 1.87. The number of aldehydes is 1. The molecule has 0 saturated heterocycles. The molecule has 1 N–H and O–H groups in total. The maximum absolute atomic E-state index is 10.0. The Labute approximate surface area is 100 Å². The van der Waals surface area contributed by atoms with Crippen molar-refractivity contribution < 1.29 is 14.6 Å². The molecule has 0 radical (unpaired) electrons. The summed E-state index contributed by atoms with van der Waals surface area (Å²) in [6.45, 7) is 0. The summed E-state index contributed by atoms with van der Waals surface area (Å²) in [7, 11) is 1.59. The number of rotatable bonds is 2. The van der Waals surface area contributed by atoms with Crippen molar-refractivity contribution in [2.24, 2.45) is 0 Å². The maximum Gasteiger partial charge on any atom is 0.150 e. The van der Waals surface area contributed by atoms with Crippen LogP contribution in [0, 0.1) is 0 Å². The van der Waals surface area contributed by atoms with Crippen LogP contribution in [0.5, 0.6) is 11.5 Å². The molecule has 17 heavy (non-hydrogen) atoms. The van der Waals surface area contributed by atoms with Gasteiger partial charge in [-0.15, -0.1) is 0 Å². The molecule has 2 aromatic carbocycles. The lowest BCUT2D eigenvalue weighted by molar-refractivity contribution is 0.112. The van der Waals surface area contributed by atoms with Crippen molar-refractivity contribution in [1.82, 2.24) is 0 Å². The van der Waals surface area contributed by atoms with Gasteiger partial charge >= 0.3 is 0 Å². The summed E-state index contributed by atoms with van der Waals surface area (Å²) in [5, 5.41) is 8.80. The van der Waals surface area contributed by atoms with E-state index in [9.17, 15) is 4.79 Å². The maximum atomic E-state index is 10.0. The van der Waals surface area contributed by atoms with Gasteiger partial charge in [-0.25, -0.2) is 0 Å². The number of carbonyl (C=O) groups excluding carboxylic acids is 1. The minimum absolute atomic E-state index is 0.260. The van der Waals surface area contributed by atoms with E-state index in [2.05, 4.69) is 0 Å². The fourth-order valence-corrected chi connectivity index (χ4v) is 1.11. The Kier molecular flexibility index (Phi) is 5.31. The van der Waals surface area contributed by atoms with Crippen molar-refractivity contribution in [3.05, 3.63) is 60.2 Å². The third kappa shape index (κ3) is 4.84. The molecule has 0 unspecified atom stereocenters. The minimum atomic E-state index is 0.260. The summed E-state index contributed by atoms with van der Waals surface area (Å²) >= 11 is 0. The van der Waals surface area contributed by atoms with Crippen LogP contribution in [0.3, 0.4) is 0 Å². The van der Waals surface area contributed by atoms with E-state index in [1.165, 1.54) is 0 Å². The van der Waals surface area contributed by atoms with Gasteiger partial charge in [0.15, 0.2) is 0 Å². The Hall–Kier alpha value is -2.29. The van der Waals surface area contributed by atoms with Crippen LogP contribution in [0.2, 0.25) is 0 Å². The lowest BCUT2D eigenvalue weighted by atomic mass is 10.2. The average Bonchev–Trinajstić information content (AvgIpc) is 2.41. The number of phenols is 1. The molecule has 0 heterocycles. The first-order chi connectivity index (χ1) is 8.26. The van der Waals surface area contributed by atoms with E-state index in [1.807, 2.05) is 18.2 Å². The Bertz CT molecular complexity index is 435. The lowest BCUT2D eigenvalue weighted by Crippen LogP contribution is -1.79. The predicted octanol–water partition coefficient (Wildman–Crippen LogP) is 2.90. The number of phenolic OH excluding ortho intramolecular Hbond substituents is 1. The fraction of sp³-hybridized carbons (Fsp3) is 0.0714. The van der Waals surface area contributed by atoms with Gasteiger partial charge in [0, 0.05) is 5.56 Å². The molecule has 0 aliphatic heterocycles. The summed E-state index contributed by atoms with van der Waals surface area (Å²) in [5.41, 5.74) is 0.729. The first-order valence-electron chi connectivity index (χ1n) is 5.09. The van der Waals surface area contributed by atoms with Crippen molar-refractivity contribution in [3.63, 3.8) is 0 Å². The zero-order valence-electron chi connectivity index (χ0n) is 9.54. The standard InChI is InChI=1S/C7H8O2.C7H6O/c1-9-7-4-2-6(8)3-5-7;8-6-7-4-2-1-3-5-7/h2-5,8H,1H3;1-6H. The summed E-state index contributed by atoms with van der Waals surface area (Å²) < 4.78 is 4.86. The highest BCUT2D eigenvalue weighted by Crippen LogP contribution is 2.14. The lowest BCUT2D eigenvalue weighted by Gasteiger charge is -1.96. The van der Waals surface area contributed by atoms with Crippen LogP contribution in [0.1, 0.15) is 10.4 Å². The Balaban J connectivity index is 0.000000171. The Morgan fingerprint density at radius 3 is 2.00 bits per heavy atom. The second kappa shape index (κ2) is 7.06. The van der Waals surface area contributed by atoms with E-state index < -0.39 is 0 Å².